The lowest BCUT2D eigenvalue weighted by Crippen LogP contribution is -2.23. The lowest BCUT2D eigenvalue weighted by atomic mass is 10.1. The fraction of sp³-hybridized carbons (Fsp3) is 0.636. The second kappa shape index (κ2) is 5.87. The Morgan fingerprint density at radius 2 is 1.83 bits per heavy atom. The molecule has 0 aromatic heterocycles. The second-order valence-corrected chi connectivity index (χ2v) is 3.27. The van der Waals surface area contributed by atoms with Crippen LogP contribution in [0, 0.1) is 0 Å². The van der Waals surface area contributed by atoms with E-state index in [4.69, 9.17) is 0 Å². The highest BCUT2D eigenvalue weighted by Crippen LogP contribution is 2.08. The fourth-order valence-corrected chi connectivity index (χ4v) is 1.45. The van der Waals surface area contributed by atoms with Gasteiger partial charge in [0.2, 0.25) is 0 Å². The topological polar surface area (TPSA) is 3.24 Å². The van der Waals surface area contributed by atoms with E-state index in [2.05, 4.69) is 36.3 Å². The zero-order valence-electron chi connectivity index (χ0n) is 8.00. The zero-order valence-corrected chi connectivity index (χ0v) is 8.00. The molecule has 1 heteroatoms. The van der Waals surface area contributed by atoms with Gasteiger partial charge < -0.3 is 4.90 Å². The minimum absolute atomic E-state index is 1.13. The van der Waals surface area contributed by atoms with Gasteiger partial charge in [0.1, 0.15) is 0 Å². The molecule has 0 atom stereocenters. The van der Waals surface area contributed by atoms with Crippen LogP contribution in [0.1, 0.15) is 32.6 Å². The van der Waals surface area contributed by atoms with Crippen molar-refractivity contribution in [3.05, 3.63) is 24.4 Å². The molecular weight excluding hydrogens is 146 g/mol. The van der Waals surface area contributed by atoms with Crippen molar-refractivity contribution in [2.75, 3.05) is 13.1 Å². The smallest absolute Gasteiger partial charge is 0.0172 e. The first kappa shape index (κ1) is 9.37. The Labute approximate surface area is 75.8 Å². The summed E-state index contributed by atoms with van der Waals surface area (Å²) in [6.07, 6.45) is 13.9. The van der Waals surface area contributed by atoms with Gasteiger partial charge >= 0.3 is 0 Å². The average Bonchev–Trinajstić information content (AvgIpc) is 2.14. The lowest BCUT2D eigenvalue weighted by molar-refractivity contribution is 0.309. The molecule has 0 unspecified atom stereocenters. The van der Waals surface area contributed by atoms with Crippen LogP contribution in [0.3, 0.4) is 0 Å². The molecule has 1 nitrogen and oxygen atoms in total. The molecule has 1 aliphatic rings. The maximum atomic E-state index is 2.41. The van der Waals surface area contributed by atoms with E-state index in [0.29, 0.717) is 0 Å². The van der Waals surface area contributed by atoms with Crippen LogP contribution in [0.25, 0.3) is 0 Å². The lowest BCUT2D eigenvalue weighted by Gasteiger charge is -2.24. The van der Waals surface area contributed by atoms with E-state index in [-0.39, 0.29) is 0 Å². The third kappa shape index (κ3) is 3.61. The molecular formula is C11H19N. The van der Waals surface area contributed by atoms with Gasteiger partial charge in [-0.15, -0.1) is 0 Å². The highest BCUT2D eigenvalue weighted by atomic mass is 15.1. The largest absolute Gasteiger partial charge is 0.377 e. The Hall–Kier alpha value is -0.720. The quantitative estimate of drug-likeness (QED) is 0.581. The third-order valence-corrected chi connectivity index (χ3v) is 2.17. The number of hydrogen-bond acceptors (Lipinski definition) is 1. The van der Waals surface area contributed by atoms with Crippen molar-refractivity contribution in [1.29, 1.82) is 0 Å². The molecule has 0 amide bonds. The van der Waals surface area contributed by atoms with E-state index < -0.39 is 0 Å². The number of hydrogen-bond donors (Lipinski definition) is 0. The first-order valence-electron chi connectivity index (χ1n) is 5.01. The highest BCUT2D eigenvalue weighted by Gasteiger charge is 2.03. The molecule has 0 bridgehead atoms. The van der Waals surface area contributed by atoms with Crippen LogP contribution in [-0.4, -0.2) is 18.0 Å². The Balaban J connectivity index is 2.19. The summed E-state index contributed by atoms with van der Waals surface area (Å²) in [5.41, 5.74) is 0. The van der Waals surface area contributed by atoms with Crippen LogP contribution in [0.5, 0.6) is 0 Å². The maximum absolute atomic E-state index is 2.41. The second-order valence-electron chi connectivity index (χ2n) is 3.27. The Kier molecular flexibility index (Phi) is 4.58. The van der Waals surface area contributed by atoms with Crippen molar-refractivity contribution in [2.24, 2.45) is 0 Å². The number of nitrogens with zero attached hydrogens (tertiary/aromatic N) is 1. The highest BCUT2D eigenvalue weighted by molar-refractivity contribution is 5.01. The predicted octanol–water partition coefficient (Wildman–Crippen LogP) is 2.95. The van der Waals surface area contributed by atoms with Crippen LogP contribution in [0.15, 0.2) is 24.4 Å². The summed E-state index contributed by atoms with van der Waals surface area (Å²) in [7, 11) is 0. The number of piperidine rings is 1. The molecule has 0 aliphatic carbocycles. The summed E-state index contributed by atoms with van der Waals surface area (Å²) in [4.78, 5) is 2.41. The molecule has 0 spiro atoms. The van der Waals surface area contributed by atoms with Crippen LogP contribution < -0.4 is 0 Å². The van der Waals surface area contributed by atoms with Gasteiger partial charge in [-0.2, -0.15) is 0 Å². The van der Waals surface area contributed by atoms with E-state index in [9.17, 15) is 0 Å². The number of likely N-dealkylation sites (tertiary alicyclic amines) is 1. The van der Waals surface area contributed by atoms with Gasteiger partial charge in [-0.3, -0.25) is 0 Å². The van der Waals surface area contributed by atoms with Crippen LogP contribution in [0.4, 0.5) is 0 Å². The number of allylic oxidation sites excluding steroid dienone is 3. The van der Waals surface area contributed by atoms with Gasteiger partial charge in [0.15, 0.2) is 0 Å². The zero-order chi connectivity index (χ0) is 8.65. The minimum atomic E-state index is 1.13. The molecule has 0 saturated carbocycles. The van der Waals surface area contributed by atoms with Crippen LogP contribution in [-0.2, 0) is 0 Å². The minimum Gasteiger partial charge on any atom is -0.377 e. The molecule has 0 aromatic carbocycles. The molecule has 1 aliphatic heterocycles. The molecule has 1 heterocycles. The summed E-state index contributed by atoms with van der Waals surface area (Å²) >= 11 is 0. The van der Waals surface area contributed by atoms with Crippen LogP contribution in [0.2, 0.25) is 0 Å². The first-order valence-corrected chi connectivity index (χ1v) is 5.01. The maximum Gasteiger partial charge on any atom is 0.0172 e. The van der Waals surface area contributed by atoms with Crippen molar-refractivity contribution in [3.8, 4) is 0 Å². The Bertz CT molecular complexity index is 152. The van der Waals surface area contributed by atoms with Crippen molar-refractivity contribution >= 4 is 0 Å². The summed E-state index contributed by atoms with van der Waals surface area (Å²) in [6, 6.07) is 0. The van der Waals surface area contributed by atoms with E-state index in [1.54, 1.807) is 0 Å². The van der Waals surface area contributed by atoms with Gasteiger partial charge in [-0.25, -0.2) is 0 Å². The van der Waals surface area contributed by atoms with Gasteiger partial charge in [-0.1, -0.05) is 19.1 Å². The van der Waals surface area contributed by atoms with Gasteiger partial charge in [-0.05, 0) is 38.0 Å². The molecule has 0 radical (unpaired) electrons. The summed E-state index contributed by atoms with van der Waals surface area (Å²) < 4.78 is 0. The summed E-state index contributed by atoms with van der Waals surface area (Å²) in [5, 5.41) is 0. The van der Waals surface area contributed by atoms with Crippen molar-refractivity contribution in [2.45, 2.75) is 32.6 Å². The van der Waals surface area contributed by atoms with E-state index in [1.165, 1.54) is 32.4 Å². The van der Waals surface area contributed by atoms with Gasteiger partial charge in [0.25, 0.3) is 0 Å². The third-order valence-electron chi connectivity index (χ3n) is 2.17. The van der Waals surface area contributed by atoms with Crippen molar-refractivity contribution in [3.63, 3.8) is 0 Å². The first-order chi connectivity index (χ1) is 5.93. The molecule has 0 aromatic rings. The van der Waals surface area contributed by atoms with Crippen molar-refractivity contribution < 1.29 is 0 Å². The Morgan fingerprint density at radius 1 is 1.08 bits per heavy atom. The standard InChI is InChI=1S/C11H19N/c1-2-3-4-6-9-12-10-7-5-8-11-12/h3-4,6,9H,2,5,7-8,10-11H2,1H3/b4-3+,9-6+. The Morgan fingerprint density at radius 3 is 2.50 bits per heavy atom. The molecule has 12 heavy (non-hydrogen) atoms. The average molecular weight is 165 g/mol. The van der Waals surface area contributed by atoms with E-state index in [0.717, 1.165) is 6.42 Å². The normalized spacial score (nSPS) is 19.6. The monoisotopic (exact) mass is 165 g/mol. The molecule has 1 saturated heterocycles. The molecule has 68 valence electrons. The van der Waals surface area contributed by atoms with Gasteiger partial charge in [0, 0.05) is 13.1 Å². The SMILES string of the molecule is CC/C=C/C=C/N1CCCCC1. The number of rotatable bonds is 3. The predicted molar refractivity (Wildman–Crippen MR) is 54.0 cm³/mol. The van der Waals surface area contributed by atoms with E-state index >= 15 is 0 Å². The molecule has 1 fully saturated rings. The summed E-state index contributed by atoms with van der Waals surface area (Å²) in [5.74, 6) is 0. The fourth-order valence-electron chi connectivity index (χ4n) is 1.45. The molecule has 0 N–H and O–H groups in total. The molecule has 1 rings (SSSR count). The van der Waals surface area contributed by atoms with Crippen LogP contribution >= 0.6 is 0 Å². The van der Waals surface area contributed by atoms with Gasteiger partial charge in [0.05, 0.1) is 0 Å². The van der Waals surface area contributed by atoms with Crippen molar-refractivity contribution in [1.82, 2.24) is 4.90 Å². The summed E-state index contributed by atoms with van der Waals surface area (Å²) in [6.45, 7) is 4.65. The van der Waals surface area contributed by atoms with E-state index in [1.807, 2.05) is 0 Å².